The van der Waals surface area contributed by atoms with E-state index in [0.717, 1.165) is 19.4 Å². The zero-order chi connectivity index (χ0) is 7.45. The molecular weight excluding hydrogens is 128 g/mol. The molecule has 0 aromatic heterocycles. The fraction of sp³-hybridized carbons (Fsp3) is 0.625. The molecule has 1 unspecified atom stereocenters. The van der Waals surface area contributed by atoms with Crippen molar-refractivity contribution >= 4 is 0 Å². The van der Waals surface area contributed by atoms with Gasteiger partial charge in [0.05, 0.1) is 6.61 Å². The van der Waals surface area contributed by atoms with Crippen LogP contribution in [0.2, 0.25) is 0 Å². The topological polar surface area (TPSA) is 29.5 Å². The molecule has 1 heterocycles. The van der Waals surface area contributed by atoms with Crippen LogP contribution in [0.1, 0.15) is 12.8 Å². The normalized spacial score (nSPS) is 32.9. The van der Waals surface area contributed by atoms with Crippen molar-refractivity contribution in [3.05, 3.63) is 18.4 Å². The Morgan fingerprint density at radius 3 is 3.00 bits per heavy atom. The molecule has 0 aromatic carbocycles. The average molecular weight is 140 g/mol. The van der Waals surface area contributed by atoms with Gasteiger partial charge in [0, 0.05) is 6.61 Å². The molecule has 0 aromatic rings. The Labute approximate surface area is 60.8 Å². The second-order valence-electron chi connectivity index (χ2n) is 2.61. The van der Waals surface area contributed by atoms with Crippen molar-refractivity contribution in [3.8, 4) is 0 Å². The molecular formula is C8H12O2. The summed E-state index contributed by atoms with van der Waals surface area (Å²) < 4.78 is 5.09. The second kappa shape index (κ2) is 3.02. The summed E-state index contributed by atoms with van der Waals surface area (Å²) in [5, 5.41) is 9.59. The molecule has 0 saturated carbocycles. The summed E-state index contributed by atoms with van der Waals surface area (Å²) in [7, 11) is 0. The van der Waals surface area contributed by atoms with Crippen molar-refractivity contribution in [3.63, 3.8) is 0 Å². The number of hydrogen-bond donors (Lipinski definition) is 1. The van der Waals surface area contributed by atoms with E-state index in [4.69, 9.17) is 4.74 Å². The average Bonchev–Trinajstić information content (AvgIpc) is 1.89. The second-order valence-corrected chi connectivity index (χ2v) is 2.61. The van der Waals surface area contributed by atoms with E-state index in [9.17, 15) is 5.11 Å². The van der Waals surface area contributed by atoms with Gasteiger partial charge >= 0.3 is 0 Å². The van der Waals surface area contributed by atoms with Gasteiger partial charge in [-0.1, -0.05) is 6.58 Å². The van der Waals surface area contributed by atoms with E-state index in [1.54, 1.807) is 6.08 Å². The maximum Gasteiger partial charge on any atom is 0.113 e. The number of ether oxygens (including phenoxy) is 1. The monoisotopic (exact) mass is 140 g/mol. The number of aliphatic hydroxyl groups is 1. The molecule has 1 aliphatic heterocycles. The third kappa shape index (κ3) is 1.71. The molecule has 56 valence electrons. The highest BCUT2D eigenvalue weighted by atomic mass is 16.5. The Hall–Kier alpha value is -0.560. The van der Waals surface area contributed by atoms with Crippen LogP contribution in [0, 0.1) is 0 Å². The lowest BCUT2D eigenvalue weighted by Gasteiger charge is -2.27. The van der Waals surface area contributed by atoms with Crippen LogP contribution in [-0.4, -0.2) is 23.9 Å². The quantitative estimate of drug-likeness (QED) is 0.547. The first-order chi connectivity index (χ1) is 4.77. The van der Waals surface area contributed by atoms with Crippen molar-refractivity contribution in [1.82, 2.24) is 0 Å². The van der Waals surface area contributed by atoms with Gasteiger partial charge in [0.25, 0.3) is 0 Å². The molecule has 10 heavy (non-hydrogen) atoms. The van der Waals surface area contributed by atoms with Gasteiger partial charge in [-0.2, -0.15) is 0 Å². The van der Waals surface area contributed by atoms with Crippen LogP contribution in [0.15, 0.2) is 18.4 Å². The number of rotatable bonds is 1. The Morgan fingerprint density at radius 1 is 1.70 bits per heavy atom. The molecule has 0 bridgehead atoms. The minimum atomic E-state index is -0.792. The lowest BCUT2D eigenvalue weighted by molar-refractivity contribution is -0.0540. The first-order valence-corrected chi connectivity index (χ1v) is 3.44. The predicted molar refractivity (Wildman–Crippen MR) is 38.7 cm³/mol. The Morgan fingerprint density at radius 2 is 2.50 bits per heavy atom. The van der Waals surface area contributed by atoms with Crippen molar-refractivity contribution in [1.29, 1.82) is 0 Å². The Kier molecular flexibility index (Phi) is 2.28. The van der Waals surface area contributed by atoms with E-state index in [1.165, 1.54) is 0 Å². The van der Waals surface area contributed by atoms with Gasteiger partial charge in [-0.3, -0.25) is 0 Å². The molecule has 1 fully saturated rings. The lowest BCUT2D eigenvalue weighted by Crippen LogP contribution is -2.36. The van der Waals surface area contributed by atoms with Crippen LogP contribution in [-0.2, 0) is 4.74 Å². The minimum absolute atomic E-state index is 0.384. The molecule has 0 amide bonds. The molecule has 1 aliphatic rings. The first kappa shape index (κ1) is 7.55. The molecule has 2 heteroatoms. The molecule has 0 radical (unpaired) electrons. The lowest BCUT2D eigenvalue weighted by atomic mass is 9.97. The van der Waals surface area contributed by atoms with E-state index in [-0.39, 0.29) is 0 Å². The predicted octanol–water partition coefficient (Wildman–Crippen LogP) is 0.869. The van der Waals surface area contributed by atoms with E-state index in [0.29, 0.717) is 6.61 Å². The van der Waals surface area contributed by atoms with Gasteiger partial charge in [0.2, 0.25) is 0 Å². The maximum absolute atomic E-state index is 9.59. The smallest absolute Gasteiger partial charge is 0.113 e. The third-order valence-corrected chi connectivity index (χ3v) is 1.62. The van der Waals surface area contributed by atoms with Gasteiger partial charge in [0.15, 0.2) is 0 Å². The molecule has 1 saturated heterocycles. The number of hydrogen-bond acceptors (Lipinski definition) is 2. The van der Waals surface area contributed by atoms with Crippen molar-refractivity contribution < 1.29 is 9.84 Å². The zero-order valence-electron chi connectivity index (χ0n) is 5.97. The summed E-state index contributed by atoms with van der Waals surface area (Å²) in [6.07, 6.45) is 3.25. The summed E-state index contributed by atoms with van der Waals surface area (Å²) >= 11 is 0. The van der Waals surface area contributed by atoms with Gasteiger partial charge in [-0.05, 0) is 18.9 Å². The van der Waals surface area contributed by atoms with E-state index >= 15 is 0 Å². The van der Waals surface area contributed by atoms with Crippen molar-refractivity contribution in [2.45, 2.75) is 18.4 Å². The zero-order valence-corrected chi connectivity index (χ0v) is 5.97. The van der Waals surface area contributed by atoms with Crippen molar-refractivity contribution in [2.24, 2.45) is 0 Å². The van der Waals surface area contributed by atoms with E-state index in [2.05, 4.69) is 12.3 Å². The molecule has 0 aliphatic carbocycles. The Bertz CT molecular complexity index is 151. The summed E-state index contributed by atoms with van der Waals surface area (Å²) in [4.78, 5) is 0. The van der Waals surface area contributed by atoms with Crippen LogP contribution in [0.3, 0.4) is 0 Å². The SMILES string of the molecule is C=C=CC1(O)CCCOC1. The van der Waals surface area contributed by atoms with E-state index < -0.39 is 5.60 Å². The standard InChI is InChI=1S/C8H12O2/c1-2-4-8(9)5-3-6-10-7-8/h4,9H,1,3,5-7H2. The van der Waals surface area contributed by atoms with Crippen molar-refractivity contribution in [2.75, 3.05) is 13.2 Å². The maximum atomic E-state index is 9.59. The molecule has 1 atom stereocenters. The molecule has 1 rings (SSSR count). The first-order valence-electron chi connectivity index (χ1n) is 3.44. The highest BCUT2D eigenvalue weighted by Gasteiger charge is 2.26. The fourth-order valence-corrected chi connectivity index (χ4v) is 1.11. The highest BCUT2D eigenvalue weighted by molar-refractivity contribution is 4.99. The van der Waals surface area contributed by atoms with Crippen LogP contribution in [0.25, 0.3) is 0 Å². The largest absolute Gasteiger partial charge is 0.383 e. The molecule has 2 nitrogen and oxygen atoms in total. The van der Waals surface area contributed by atoms with Crippen LogP contribution in [0.4, 0.5) is 0 Å². The van der Waals surface area contributed by atoms with Crippen LogP contribution >= 0.6 is 0 Å². The summed E-state index contributed by atoms with van der Waals surface area (Å²) in [6, 6.07) is 0. The highest BCUT2D eigenvalue weighted by Crippen LogP contribution is 2.19. The fourth-order valence-electron chi connectivity index (χ4n) is 1.11. The van der Waals surface area contributed by atoms with Crippen LogP contribution < -0.4 is 0 Å². The third-order valence-electron chi connectivity index (χ3n) is 1.62. The Balaban J connectivity index is 2.56. The van der Waals surface area contributed by atoms with E-state index in [1.807, 2.05) is 0 Å². The van der Waals surface area contributed by atoms with Crippen LogP contribution in [0.5, 0.6) is 0 Å². The minimum Gasteiger partial charge on any atom is -0.383 e. The summed E-state index contributed by atoms with van der Waals surface area (Å²) in [5.41, 5.74) is 1.78. The van der Waals surface area contributed by atoms with Gasteiger partial charge in [-0.25, -0.2) is 0 Å². The summed E-state index contributed by atoms with van der Waals surface area (Å²) in [5.74, 6) is 0. The van der Waals surface area contributed by atoms with Gasteiger partial charge in [-0.15, -0.1) is 5.73 Å². The van der Waals surface area contributed by atoms with Gasteiger partial charge in [0.1, 0.15) is 5.60 Å². The molecule has 0 spiro atoms. The van der Waals surface area contributed by atoms with Gasteiger partial charge < -0.3 is 9.84 Å². The summed E-state index contributed by atoms with van der Waals surface area (Å²) in [6.45, 7) is 4.55. The molecule has 1 N–H and O–H groups in total.